The largest absolute Gasteiger partial charge is 0.481 e. The number of aliphatic carboxylic acids is 1. The van der Waals surface area contributed by atoms with Gasteiger partial charge in [0.1, 0.15) is 5.69 Å². The summed E-state index contributed by atoms with van der Waals surface area (Å²) in [6.07, 6.45) is 1.99. The first-order valence-corrected chi connectivity index (χ1v) is 6.42. The van der Waals surface area contributed by atoms with Crippen molar-refractivity contribution >= 4 is 23.5 Å². The third-order valence-electron chi connectivity index (χ3n) is 2.51. The summed E-state index contributed by atoms with van der Waals surface area (Å²) in [5.41, 5.74) is 0.259. The molecule has 1 aromatic heterocycles. The predicted octanol–water partition coefficient (Wildman–Crippen LogP) is 2.68. The van der Waals surface area contributed by atoms with Crippen LogP contribution in [-0.2, 0) is 4.79 Å². The van der Waals surface area contributed by atoms with Crippen LogP contribution < -0.4 is 5.32 Å². The topological polar surface area (TPSA) is 82.2 Å². The fourth-order valence-corrected chi connectivity index (χ4v) is 2.05. The minimum Gasteiger partial charge on any atom is -0.481 e. The highest BCUT2D eigenvalue weighted by atomic mass is 35.5. The molecular weight excluding hydrogens is 268 g/mol. The van der Waals surface area contributed by atoms with Gasteiger partial charge in [-0.25, -0.2) is 0 Å². The summed E-state index contributed by atoms with van der Waals surface area (Å²) >= 11 is 5.73. The van der Waals surface area contributed by atoms with E-state index < -0.39 is 12.0 Å². The van der Waals surface area contributed by atoms with E-state index in [1.54, 1.807) is 0 Å². The van der Waals surface area contributed by atoms with Crippen molar-refractivity contribution in [2.75, 3.05) is 0 Å². The van der Waals surface area contributed by atoms with Crippen LogP contribution in [0.25, 0.3) is 0 Å². The minimum absolute atomic E-state index is 0.0687. The first kappa shape index (κ1) is 15.6. The molecule has 0 aliphatic heterocycles. The highest BCUT2D eigenvalue weighted by Crippen LogP contribution is 2.22. The van der Waals surface area contributed by atoms with Crippen LogP contribution in [0.2, 0.25) is 5.02 Å². The highest BCUT2D eigenvalue weighted by Gasteiger charge is 2.23. The fourth-order valence-electron chi connectivity index (χ4n) is 1.89. The van der Waals surface area contributed by atoms with Crippen LogP contribution >= 0.6 is 11.6 Å². The quantitative estimate of drug-likeness (QED) is 0.778. The Kier molecular flexibility index (Phi) is 5.00. The number of hydrogen-bond donors (Lipinski definition) is 3. The molecule has 0 aliphatic rings. The Morgan fingerprint density at radius 3 is 2.53 bits per heavy atom. The van der Waals surface area contributed by atoms with Gasteiger partial charge in [-0.2, -0.15) is 0 Å². The Hall–Kier alpha value is -1.49. The number of nitrogens with one attached hydrogen (secondary N) is 2. The van der Waals surface area contributed by atoms with Crippen LogP contribution in [0.4, 0.5) is 0 Å². The van der Waals surface area contributed by atoms with Crippen LogP contribution in [0.3, 0.4) is 0 Å². The molecule has 0 radical (unpaired) electrons. The van der Waals surface area contributed by atoms with Crippen molar-refractivity contribution < 1.29 is 14.7 Å². The van der Waals surface area contributed by atoms with Gasteiger partial charge < -0.3 is 15.4 Å². The van der Waals surface area contributed by atoms with Gasteiger partial charge in [0.05, 0.1) is 11.4 Å². The van der Waals surface area contributed by atoms with Crippen LogP contribution in [0.15, 0.2) is 12.3 Å². The molecule has 0 aliphatic carbocycles. The van der Waals surface area contributed by atoms with Gasteiger partial charge in [0.15, 0.2) is 0 Å². The lowest BCUT2D eigenvalue weighted by molar-refractivity contribution is -0.137. The van der Waals surface area contributed by atoms with E-state index in [-0.39, 0.29) is 17.7 Å². The first-order chi connectivity index (χ1) is 8.67. The first-order valence-electron chi connectivity index (χ1n) is 6.04. The second-order valence-electron chi connectivity index (χ2n) is 5.76. The summed E-state index contributed by atoms with van der Waals surface area (Å²) in [5, 5.41) is 12.1. The molecule has 106 valence electrons. The Labute approximate surface area is 117 Å². The number of hydrogen-bond acceptors (Lipinski definition) is 2. The van der Waals surface area contributed by atoms with Crippen molar-refractivity contribution in [3.05, 3.63) is 23.0 Å². The van der Waals surface area contributed by atoms with E-state index in [2.05, 4.69) is 10.3 Å². The molecule has 1 heterocycles. The summed E-state index contributed by atoms with van der Waals surface area (Å²) in [5.74, 6) is -1.28. The van der Waals surface area contributed by atoms with Gasteiger partial charge >= 0.3 is 5.97 Å². The van der Waals surface area contributed by atoms with E-state index in [0.717, 1.165) is 0 Å². The zero-order chi connectivity index (χ0) is 14.6. The van der Waals surface area contributed by atoms with Crippen LogP contribution in [0.1, 0.15) is 44.1 Å². The lowest BCUT2D eigenvalue weighted by Crippen LogP contribution is -2.39. The van der Waals surface area contributed by atoms with Crippen molar-refractivity contribution in [1.82, 2.24) is 10.3 Å². The molecule has 0 saturated heterocycles. The minimum atomic E-state index is -0.931. The normalized spacial score (nSPS) is 13.1. The van der Waals surface area contributed by atoms with Crippen LogP contribution in [0, 0.1) is 5.41 Å². The number of rotatable bonds is 5. The number of aromatic amines is 1. The Bertz CT molecular complexity index is 463. The zero-order valence-electron chi connectivity index (χ0n) is 11.3. The molecule has 1 atom stereocenters. The molecule has 0 fully saturated rings. The van der Waals surface area contributed by atoms with Gasteiger partial charge in [-0.3, -0.25) is 9.59 Å². The molecule has 5 nitrogen and oxygen atoms in total. The molecule has 0 aromatic carbocycles. The number of carboxylic acid groups (broad SMARTS) is 1. The highest BCUT2D eigenvalue weighted by molar-refractivity contribution is 6.30. The molecular formula is C13H19ClN2O3. The van der Waals surface area contributed by atoms with Gasteiger partial charge in [-0.15, -0.1) is 0 Å². The lowest BCUT2D eigenvalue weighted by Gasteiger charge is -2.25. The van der Waals surface area contributed by atoms with E-state index in [0.29, 0.717) is 17.1 Å². The van der Waals surface area contributed by atoms with E-state index in [1.807, 2.05) is 20.8 Å². The standard InChI is InChI=1S/C13H19ClN2O3/c1-13(2,3)6-9(5-11(17)18)16-12(19)10-4-8(14)7-15-10/h4,7,9,15H,5-6H2,1-3H3,(H,16,19)(H,17,18). The van der Waals surface area contributed by atoms with Crippen LogP contribution in [-0.4, -0.2) is 28.0 Å². The fraction of sp³-hybridized carbons (Fsp3) is 0.538. The van der Waals surface area contributed by atoms with Crippen molar-refractivity contribution in [3.63, 3.8) is 0 Å². The third kappa shape index (κ3) is 5.79. The number of amides is 1. The summed E-state index contributed by atoms with van der Waals surface area (Å²) in [4.78, 5) is 25.5. The second kappa shape index (κ2) is 6.10. The summed E-state index contributed by atoms with van der Waals surface area (Å²) in [7, 11) is 0. The zero-order valence-corrected chi connectivity index (χ0v) is 12.0. The average Bonchev–Trinajstić information content (AvgIpc) is 2.60. The molecule has 0 saturated carbocycles. The van der Waals surface area contributed by atoms with Gasteiger partial charge in [-0.1, -0.05) is 32.4 Å². The Morgan fingerprint density at radius 2 is 2.11 bits per heavy atom. The number of H-pyrrole nitrogens is 1. The molecule has 1 rings (SSSR count). The smallest absolute Gasteiger partial charge is 0.305 e. The van der Waals surface area contributed by atoms with Crippen LogP contribution in [0.5, 0.6) is 0 Å². The summed E-state index contributed by atoms with van der Waals surface area (Å²) in [6, 6.07) is 1.10. The number of carbonyl (C=O) groups is 2. The van der Waals surface area contributed by atoms with E-state index in [1.165, 1.54) is 12.3 Å². The molecule has 6 heteroatoms. The van der Waals surface area contributed by atoms with Gasteiger partial charge in [0.25, 0.3) is 5.91 Å². The molecule has 3 N–H and O–H groups in total. The maximum absolute atomic E-state index is 11.9. The predicted molar refractivity (Wildman–Crippen MR) is 73.4 cm³/mol. The molecule has 1 aromatic rings. The number of carboxylic acids is 1. The monoisotopic (exact) mass is 286 g/mol. The van der Waals surface area contributed by atoms with E-state index in [4.69, 9.17) is 16.7 Å². The molecule has 0 bridgehead atoms. The number of halogens is 1. The van der Waals surface area contributed by atoms with Gasteiger partial charge in [0, 0.05) is 12.2 Å². The SMILES string of the molecule is CC(C)(C)CC(CC(=O)O)NC(=O)c1cc(Cl)c[nH]1. The summed E-state index contributed by atoms with van der Waals surface area (Å²) in [6.45, 7) is 6.00. The van der Waals surface area contributed by atoms with Crippen molar-refractivity contribution in [3.8, 4) is 0 Å². The maximum Gasteiger partial charge on any atom is 0.305 e. The lowest BCUT2D eigenvalue weighted by atomic mass is 9.87. The van der Waals surface area contributed by atoms with E-state index in [9.17, 15) is 9.59 Å². The summed E-state index contributed by atoms with van der Waals surface area (Å²) < 4.78 is 0. The van der Waals surface area contributed by atoms with Crippen molar-refractivity contribution in [1.29, 1.82) is 0 Å². The second-order valence-corrected chi connectivity index (χ2v) is 6.20. The molecule has 1 amide bonds. The number of aromatic nitrogens is 1. The molecule has 1 unspecified atom stereocenters. The van der Waals surface area contributed by atoms with Gasteiger partial charge in [0.2, 0.25) is 0 Å². The maximum atomic E-state index is 11.9. The van der Waals surface area contributed by atoms with E-state index >= 15 is 0 Å². The van der Waals surface area contributed by atoms with Crippen molar-refractivity contribution in [2.45, 2.75) is 39.7 Å². The number of carbonyl (C=O) groups excluding carboxylic acids is 1. The Balaban J connectivity index is 2.71. The Morgan fingerprint density at radius 1 is 1.47 bits per heavy atom. The molecule has 19 heavy (non-hydrogen) atoms. The third-order valence-corrected chi connectivity index (χ3v) is 2.73. The van der Waals surface area contributed by atoms with Gasteiger partial charge in [-0.05, 0) is 17.9 Å². The molecule has 0 spiro atoms. The van der Waals surface area contributed by atoms with Crippen molar-refractivity contribution in [2.24, 2.45) is 5.41 Å². The average molecular weight is 287 g/mol.